The second-order valence-corrected chi connectivity index (χ2v) is 4.21. The summed E-state index contributed by atoms with van der Waals surface area (Å²) in [5, 5.41) is 10.6. The first kappa shape index (κ1) is 15.5. The van der Waals surface area contributed by atoms with Crippen molar-refractivity contribution in [1.29, 1.82) is 0 Å². The van der Waals surface area contributed by atoms with Gasteiger partial charge < -0.3 is 9.47 Å². The van der Waals surface area contributed by atoms with Crippen molar-refractivity contribution < 1.29 is 19.2 Å². The summed E-state index contributed by atoms with van der Waals surface area (Å²) in [5.41, 5.74) is -0.229. The lowest BCUT2D eigenvalue weighted by Crippen LogP contribution is -2.10. The molecule has 0 heterocycles. The average Bonchev–Trinajstić information content (AvgIpc) is 2.32. The zero-order valence-electron chi connectivity index (χ0n) is 10.0. The summed E-state index contributed by atoms with van der Waals surface area (Å²) in [6, 6.07) is 2.26. The van der Waals surface area contributed by atoms with E-state index in [2.05, 4.69) is 0 Å². The molecule has 1 aromatic rings. The van der Waals surface area contributed by atoms with Crippen LogP contribution >= 0.6 is 23.2 Å². The molecule has 8 heteroatoms. The van der Waals surface area contributed by atoms with E-state index in [1.54, 1.807) is 6.92 Å². The molecule has 0 aromatic heterocycles. The Balaban J connectivity index is 2.69. The van der Waals surface area contributed by atoms with Crippen molar-refractivity contribution in [2.45, 2.75) is 13.3 Å². The third-order valence-electron chi connectivity index (χ3n) is 2.05. The Bertz CT molecular complexity index is 469. The molecule has 104 valence electrons. The van der Waals surface area contributed by atoms with Crippen molar-refractivity contribution in [3.63, 3.8) is 0 Å². The van der Waals surface area contributed by atoms with Gasteiger partial charge in [-0.05, 0) is 6.92 Å². The van der Waals surface area contributed by atoms with Crippen molar-refractivity contribution in [3.05, 3.63) is 32.3 Å². The van der Waals surface area contributed by atoms with E-state index in [1.807, 2.05) is 0 Å². The van der Waals surface area contributed by atoms with Crippen molar-refractivity contribution in [2.75, 3.05) is 13.2 Å². The van der Waals surface area contributed by atoms with Gasteiger partial charge >= 0.3 is 5.97 Å². The van der Waals surface area contributed by atoms with Crippen LogP contribution in [0.4, 0.5) is 5.69 Å². The van der Waals surface area contributed by atoms with E-state index in [0.717, 1.165) is 12.1 Å². The molecule has 0 radical (unpaired) electrons. The quantitative estimate of drug-likeness (QED) is 0.458. The molecular formula is C11H11Cl2NO5. The summed E-state index contributed by atoms with van der Waals surface area (Å²) in [4.78, 5) is 21.1. The maximum absolute atomic E-state index is 11.1. The fourth-order valence-electron chi connectivity index (χ4n) is 1.26. The maximum Gasteiger partial charge on any atom is 0.309 e. The van der Waals surface area contributed by atoms with Crippen LogP contribution in [0.1, 0.15) is 13.3 Å². The zero-order valence-corrected chi connectivity index (χ0v) is 11.5. The molecule has 0 saturated heterocycles. The molecule has 0 fully saturated rings. The Morgan fingerprint density at radius 2 is 1.95 bits per heavy atom. The van der Waals surface area contributed by atoms with Crippen LogP contribution in [0.5, 0.6) is 5.75 Å². The van der Waals surface area contributed by atoms with Gasteiger partial charge in [-0.1, -0.05) is 23.2 Å². The summed E-state index contributed by atoms with van der Waals surface area (Å²) in [6.07, 6.45) is 0.0392. The minimum atomic E-state index is -0.611. The molecule has 0 aliphatic rings. The first-order valence-corrected chi connectivity index (χ1v) is 6.13. The van der Waals surface area contributed by atoms with E-state index in [9.17, 15) is 14.9 Å². The van der Waals surface area contributed by atoms with Crippen molar-refractivity contribution in [3.8, 4) is 5.75 Å². The van der Waals surface area contributed by atoms with E-state index in [4.69, 9.17) is 32.7 Å². The molecule has 19 heavy (non-hydrogen) atoms. The van der Waals surface area contributed by atoms with Crippen LogP contribution in [-0.4, -0.2) is 24.1 Å². The number of benzene rings is 1. The first-order valence-electron chi connectivity index (χ1n) is 5.37. The Labute approximate surface area is 119 Å². The Hall–Kier alpha value is -1.53. The maximum atomic E-state index is 11.1. The van der Waals surface area contributed by atoms with Crippen LogP contribution in [0.3, 0.4) is 0 Å². The molecular weight excluding hydrogens is 297 g/mol. The predicted molar refractivity (Wildman–Crippen MR) is 69.9 cm³/mol. The summed E-state index contributed by atoms with van der Waals surface area (Å²) in [6.45, 7) is 2.01. The molecule has 0 N–H and O–H groups in total. The number of esters is 1. The number of carbonyl (C=O) groups is 1. The minimum Gasteiger partial charge on any atom is -0.490 e. The predicted octanol–water partition coefficient (Wildman–Crippen LogP) is 3.23. The smallest absolute Gasteiger partial charge is 0.309 e. The van der Waals surface area contributed by atoms with Gasteiger partial charge in [-0.25, -0.2) is 0 Å². The van der Waals surface area contributed by atoms with Crippen LogP contribution in [0, 0.1) is 10.1 Å². The molecule has 1 rings (SSSR count). The first-order chi connectivity index (χ1) is 8.95. The van der Waals surface area contributed by atoms with Crippen molar-refractivity contribution in [2.24, 2.45) is 0 Å². The van der Waals surface area contributed by atoms with E-state index < -0.39 is 10.9 Å². The van der Waals surface area contributed by atoms with Gasteiger partial charge in [-0.15, -0.1) is 0 Å². The number of nitro groups is 1. The van der Waals surface area contributed by atoms with Gasteiger partial charge in [0.15, 0.2) is 5.75 Å². The normalized spacial score (nSPS) is 10.1. The third-order valence-corrected chi connectivity index (χ3v) is 2.61. The number of hydrogen-bond donors (Lipinski definition) is 0. The number of ether oxygens (including phenoxy) is 2. The summed E-state index contributed by atoms with van der Waals surface area (Å²) in [7, 11) is 0. The lowest BCUT2D eigenvalue weighted by molar-refractivity contribution is -0.384. The van der Waals surface area contributed by atoms with Gasteiger partial charge in [-0.3, -0.25) is 14.9 Å². The summed E-state index contributed by atoms with van der Waals surface area (Å²) < 4.78 is 9.95. The third kappa shape index (κ3) is 4.57. The van der Waals surface area contributed by atoms with Crippen LogP contribution in [0.2, 0.25) is 10.0 Å². The van der Waals surface area contributed by atoms with Crippen LogP contribution in [-0.2, 0) is 9.53 Å². The topological polar surface area (TPSA) is 78.7 Å². The molecule has 0 amide bonds. The van der Waals surface area contributed by atoms with Crippen LogP contribution in [0.25, 0.3) is 0 Å². The molecule has 0 aliphatic carbocycles. The molecule has 0 atom stereocenters. The van der Waals surface area contributed by atoms with Crippen molar-refractivity contribution in [1.82, 2.24) is 0 Å². The number of hydrogen-bond acceptors (Lipinski definition) is 5. The van der Waals surface area contributed by atoms with Gasteiger partial charge in [0.25, 0.3) is 5.69 Å². The highest BCUT2D eigenvalue weighted by atomic mass is 35.5. The molecule has 0 saturated carbocycles. The minimum absolute atomic E-state index is 0.0167. The molecule has 0 spiro atoms. The Morgan fingerprint density at radius 1 is 1.37 bits per heavy atom. The average molecular weight is 308 g/mol. The lowest BCUT2D eigenvalue weighted by atomic mass is 10.3. The number of nitrogens with zero attached hydrogens (tertiary/aromatic N) is 1. The molecule has 6 nitrogen and oxygen atoms in total. The van der Waals surface area contributed by atoms with E-state index in [-0.39, 0.29) is 41.1 Å². The highest BCUT2D eigenvalue weighted by Gasteiger charge is 2.16. The number of halogens is 2. The zero-order chi connectivity index (χ0) is 14.4. The van der Waals surface area contributed by atoms with Gasteiger partial charge in [-0.2, -0.15) is 0 Å². The second kappa shape index (κ2) is 7.16. The Morgan fingerprint density at radius 3 is 2.42 bits per heavy atom. The monoisotopic (exact) mass is 307 g/mol. The highest BCUT2D eigenvalue weighted by molar-refractivity contribution is 6.37. The van der Waals surface area contributed by atoms with Crippen molar-refractivity contribution >= 4 is 34.9 Å². The molecule has 0 bridgehead atoms. The van der Waals surface area contributed by atoms with E-state index in [0.29, 0.717) is 0 Å². The van der Waals surface area contributed by atoms with Gasteiger partial charge in [0.1, 0.15) is 0 Å². The molecule has 0 aliphatic heterocycles. The van der Waals surface area contributed by atoms with Gasteiger partial charge in [0.05, 0.1) is 34.6 Å². The largest absolute Gasteiger partial charge is 0.490 e. The van der Waals surface area contributed by atoms with Gasteiger partial charge in [0, 0.05) is 12.1 Å². The number of nitro benzene ring substituents is 1. The second-order valence-electron chi connectivity index (χ2n) is 3.40. The van der Waals surface area contributed by atoms with Gasteiger partial charge in [0.2, 0.25) is 0 Å². The Kier molecular flexibility index (Phi) is 5.85. The summed E-state index contributed by atoms with van der Waals surface area (Å²) >= 11 is 11.7. The summed E-state index contributed by atoms with van der Waals surface area (Å²) in [5.74, 6) is -0.296. The number of carbonyl (C=O) groups excluding carboxylic acids is 1. The standard InChI is InChI=1S/C11H11Cl2NO5/c1-2-18-10(15)3-4-19-11-8(12)5-7(14(16)17)6-9(11)13/h5-6H,2-4H2,1H3. The van der Waals surface area contributed by atoms with Crippen LogP contribution < -0.4 is 4.74 Å². The lowest BCUT2D eigenvalue weighted by Gasteiger charge is -2.09. The van der Waals surface area contributed by atoms with Crippen LogP contribution in [0.15, 0.2) is 12.1 Å². The molecule has 0 unspecified atom stereocenters. The number of rotatable bonds is 6. The number of non-ortho nitro benzene ring substituents is 1. The fourth-order valence-corrected chi connectivity index (χ4v) is 1.84. The van der Waals surface area contributed by atoms with E-state index >= 15 is 0 Å². The highest BCUT2D eigenvalue weighted by Crippen LogP contribution is 2.36. The molecule has 1 aromatic carbocycles. The SMILES string of the molecule is CCOC(=O)CCOc1c(Cl)cc([N+](=O)[O-])cc1Cl. The fraction of sp³-hybridized carbons (Fsp3) is 0.364. The van der Waals surface area contributed by atoms with E-state index in [1.165, 1.54) is 0 Å².